The van der Waals surface area contributed by atoms with E-state index in [9.17, 15) is 18.0 Å². The SMILES string of the molecule is CC(C)Cc1nc2c(c(-c3ccc4c(ccn4Cc4ccc(F)c(F)c4)c3)c1C(N)=O)SCC2C.Cc1ccc(F)cc1. The van der Waals surface area contributed by atoms with Gasteiger partial charge in [-0.15, -0.1) is 11.8 Å². The second-order valence-electron chi connectivity index (χ2n) is 11.5. The molecule has 3 aromatic carbocycles. The van der Waals surface area contributed by atoms with Crippen LogP contribution < -0.4 is 5.73 Å². The van der Waals surface area contributed by atoms with E-state index in [1.54, 1.807) is 30.0 Å². The number of carbonyl (C=O) groups excluding carboxylic acids is 1. The van der Waals surface area contributed by atoms with Gasteiger partial charge < -0.3 is 10.3 Å². The first-order chi connectivity index (χ1) is 20.5. The van der Waals surface area contributed by atoms with Crippen LogP contribution in [0.4, 0.5) is 13.2 Å². The highest BCUT2D eigenvalue weighted by Crippen LogP contribution is 2.47. The Morgan fingerprint density at radius 2 is 1.77 bits per heavy atom. The maximum absolute atomic E-state index is 13.7. The van der Waals surface area contributed by atoms with Crippen molar-refractivity contribution in [1.82, 2.24) is 9.55 Å². The van der Waals surface area contributed by atoms with Crippen molar-refractivity contribution < 1.29 is 18.0 Å². The van der Waals surface area contributed by atoms with Crippen LogP contribution >= 0.6 is 11.8 Å². The molecule has 0 saturated carbocycles. The molecule has 6 rings (SSSR count). The third-order valence-electron chi connectivity index (χ3n) is 7.45. The normalized spacial score (nSPS) is 14.1. The van der Waals surface area contributed by atoms with Crippen LogP contribution in [-0.4, -0.2) is 21.2 Å². The maximum atomic E-state index is 13.7. The van der Waals surface area contributed by atoms with E-state index in [4.69, 9.17) is 10.7 Å². The number of fused-ring (bicyclic) bond motifs is 2. The van der Waals surface area contributed by atoms with E-state index >= 15 is 0 Å². The van der Waals surface area contributed by atoms with E-state index < -0.39 is 17.5 Å². The molecule has 2 aromatic heterocycles. The molecule has 0 saturated heterocycles. The van der Waals surface area contributed by atoms with Gasteiger partial charge in [-0.25, -0.2) is 13.2 Å². The van der Waals surface area contributed by atoms with Crippen LogP contribution in [0.15, 0.2) is 77.8 Å². The number of nitrogens with two attached hydrogens (primary N) is 1. The Kier molecular flexibility index (Phi) is 8.97. The average molecular weight is 602 g/mol. The smallest absolute Gasteiger partial charge is 0.251 e. The lowest BCUT2D eigenvalue weighted by Crippen LogP contribution is -2.19. The second-order valence-corrected chi connectivity index (χ2v) is 12.5. The molecule has 2 N–H and O–H groups in total. The molecule has 1 aliphatic heterocycles. The molecule has 0 spiro atoms. The first kappa shape index (κ1) is 30.4. The number of aromatic nitrogens is 2. The largest absolute Gasteiger partial charge is 0.366 e. The molecule has 0 aliphatic carbocycles. The molecule has 43 heavy (non-hydrogen) atoms. The van der Waals surface area contributed by atoms with Crippen molar-refractivity contribution in [1.29, 1.82) is 0 Å². The lowest BCUT2D eigenvalue weighted by atomic mass is 9.91. The van der Waals surface area contributed by atoms with E-state index in [-0.39, 0.29) is 5.82 Å². The number of hydrogen-bond donors (Lipinski definition) is 1. The Labute approximate surface area is 254 Å². The van der Waals surface area contributed by atoms with Gasteiger partial charge in [0.2, 0.25) is 0 Å². The van der Waals surface area contributed by atoms with Crippen molar-refractivity contribution in [2.45, 2.75) is 51.5 Å². The molecule has 4 nitrogen and oxygen atoms in total. The number of nitrogens with zero attached hydrogens (tertiary/aromatic N) is 2. The topological polar surface area (TPSA) is 60.9 Å². The Bertz CT molecular complexity index is 1780. The molecule has 0 bridgehead atoms. The highest BCUT2D eigenvalue weighted by Gasteiger charge is 2.31. The minimum absolute atomic E-state index is 0.171. The van der Waals surface area contributed by atoms with Crippen molar-refractivity contribution in [3.8, 4) is 11.1 Å². The Balaban J connectivity index is 0.000000400. The minimum atomic E-state index is -0.852. The Morgan fingerprint density at radius 3 is 2.42 bits per heavy atom. The zero-order valence-electron chi connectivity index (χ0n) is 24.6. The lowest BCUT2D eigenvalue weighted by Gasteiger charge is -2.18. The molecule has 0 radical (unpaired) electrons. The van der Waals surface area contributed by atoms with Crippen molar-refractivity contribution in [3.63, 3.8) is 0 Å². The fourth-order valence-corrected chi connectivity index (χ4v) is 6.68. The van der Waals surface area contributed by atoms with Crippen molar-refractivity contribution in [3.05, 3.63) is 118 Å². The van der Waals surface area contributed by atoms with Crippen LogP contribution in [0.2, 0.25) is 0 Å². The van der Waals surface area contributed by atoms with Crippen LogP contribution in [0, 0.1) is 30.3 Å². The van der Waals surface area contributed by atoms with Crippen LogP contribution in [0.5, 0.6) is 0 Å². The number of hydrogen-bond acceptors (Lipinski definition) is 3. The number of benzene rings is 3. The maximum Gasteiger partial charge on any atom is 0.251 e. The number of thioether (sulfide) groups is 1. The predicted octanol–water partition coefficient (Wildman–Crippen LogP) is 8.67. The van der Waals surface area contributed by atoms with Crippen molar-refractivity contribution >= 4 is 28.6 Å². The second kappa shape index (κ2) is 12.7. The van der Waals surface area contributed by atoms with Gasteiger partial charge in [0.25, 0.3) is 5.91 Å². The summed E-state index contributed by atoms with van der Waals surface area (Å²) in [6.07, 6.45) is 2.62. The van der Waals surface area contributed by atoms with Gasteiger partial charge in [-0.05, 0) is 72.9 Å². The summed E-state index contributed by atoms with van der Waals surface area (Å²) >= 11 is 1.73. The van der Waals surface area contributed by atoms with E-state index in [1.165, 1.54) is 18.2 Å². The summed E-state index contributed by atoms with van der Waals surface area (Å²) in [5, 5.41) is 0.993. The highest BCUT2D eigenvalue weighted by atomic mass is 32.2. The summed E-state index contributed by atoms with van der Waals surface area (Å²) in [5.41, 5.74) is 12.8. The number of halogens is 3. The summed E-state index contributed by atoms with van der Waals surface area (Å²) in [5.74, 6) is -0.764. The summed E-state index contributed by atoms with van der Waals surface area (Å²) < 4.78 is 41.1. The fraction of sp³-hybridized carbons (Fsp3) is 0.257. The molecule has 3 heterocycles. The number of carbonyl (C=O) groups is 1. The molecule has 1 amide bonds. The molecule has 0 fully saturated rings. The van der Waals surface area contributed by atoms with Gasteiger partial charge in [0, 0.05) is 45.8 Å². The molecule has 222 valence electrons. The van der Waals surface area contributed by atoms with Crippen LogP contribution in [0.1, 0.15) is 59.6 Å². The van der Waals surface area contributed by atoms with E-state index in [1.807, 2.05) is 35.9 Å². The highest BCUT2D eigenvalue weighted by molar-refractivity contribution is 7.99. The van der Waals surface area contributed by atoms with Gasteiger partial charge in [0.1, 0.15) is 5.82 Å². The van der Waals surface area contributed by atoms with Crippen LogP contribution in [-0.2, 0) is 13.0 Å². The van der Waals surface area contributed by atoms with Gasteiger partial charge in [0.15, 0.2) is 11.6 Å². The quantitative estimate of drug-likeness (QED) is 0.212. The first-order valence-corrected chi connectivity index (χ1v) is 15.2. The summed E-state index contributed by atoms with van der Waals surface area (Å²) in [6.45, 7) is 8.74. The van der Waals surface area contributed by atoms with E-state index in [0.29, 0.717) is 35.9 Å². The molecular weight excluding hydrogens is 567 g/mol. The third-order valence-corrected chi connectivity index (χ3v) is 8.82. The number of pyridine rings is 1. The Morgan fingerprint density at radius 1 is 1.02 bits per heavy atom. The minimum Gasteiger partial charge on any atom is -0.366 e. The molecule has 1 unspecified atom stereocenters. The predicted molar refractivity (Wildman–Crippen MR) is 168 cm³/mol. The van der Waals surface area contributed by atoms with Crippen molar-refractivity contribution in [2.24, 2.45) is 11.7 Å². The number of amides is 1. The molecule has 8 heteroatoms. The molecule has 1 atom stereocenters. The van der Waals surface area contributed by atoms with Gasteiger partial charge in [-0.1, -0.05) is 50.6 Å². The fourth-order valence-electron chi connectivity index (χ4n) is 5.34. The van der Waals surface area contributed by atoms with E-state index in [2.05, 4.69) is 26.8 Å². The monoisotopic (exact) mass is 601 g/mol. The van der Waals surface area contributed by atoms with Crippen molar-refractivity contribution in [2.75, 3.05) is 5.75 Å². The first-order valence-electron chi connectivity index (χ1n) is 14.3. The molecule has 5 aromatic rings. The standard InChI is InChI=1S/C28H27F2N3OS.C7H7F/c1-15(2)10-22-25(28(31)34)24(27-26(32-22)16(3)14-35-27)19-5-7-23-18(12-19)8-9-33(23)13-17-4-6-20(29)21(30)11-17;1-6-2-4-7(8)5-3-6/h4-9,11-12,15-16H,10,13-14H2,1-3H3,(H2,31,34);2-5H,1H3. The third kappa shape index (κ3) is 6.64. The van der Waals surface area contributed by atoms with Gasteiger partial charge in [-0.2, -0.15) is 0 Å². The van der Waals surface area contributed by atoms with Gasteiger partial charge >= 0.3 is 0 Å². The van der Waals surface area contributed by atoms with Crippen LogP contribution in [0.25, 0.3) is 22.0 Å². The summed E-state index contributed by atoms with van der Waals surface area (Å²) in [4.78, 5) is 18.7. The summed E-state index contributed by atoms with van der Waals surface area (Å²) in [7, 11) is 0. The zero-order chi connectivity index (χ0) is 30.8. The Hall–Kier alpha value is -4.04. The number of rotatable bonds is 6. The zero-order valence-corrected chi connectivity index (χ0v) is 25.4. The van der Waals surface area contributed by atoms with Gasteiger partial charge in [-0.3, -0.25) is 9.78 Å². The van der Waals surface area contributed by atoms with E-state index in [0.717, 1.165) is 55.7 Å². The van der Waals surface area contributed by atoms with Crippen LogP contribution in [0.3, 0.4) is 0 Å². The lowest BCUT2D eigenvalue weighted by molar-refractivity contribution is 0.0999. The summed E-state index contributed by atoms with van der Waals surface area (Å²) in [6, 6.07) is 18.4. The molecular formula is C35H34F3N3OS. The number of aryl methyl sites for hydroxylation is 1. The average Bonchev–Trinajstić information content (AvgIpc) is 3.54. The van der Waals surface area contributed by atoms with Gasteiger partial charge in [0.05, 0.1) is 17.0 Å². The number of primary amides is 1. The molecule has 1 aliphatic rings.